The molecular weight excluding hydrogens is 226 g/mol. The van der Waals surface area contributed by atoms with E-state index in [0.717, 1.165) is 18.4 Å². The molecule has 16 heavy (non-hydrogen) atoms. The molecule has 2 rings (SSSR count). The summed E-state index contributed by atoms with van der Waals surface area (Å²) in [4.78, 5) is 15.0. The fourth-order valence-corrected chi connectivity index (χ4v) is 1.98. The molecule has 1 saturated carbocycles. The van der Waals surface area contributed by atoms with Crippen LogP contribution >= 0.6 is 11.6 Å². The van der Waals surface area contributed by atoms with E-state index < -0.39 is 0 Å². The topological polar surface area (TPSA) is 39.2 Å². The van der Waals surface area contributed by atoms with E-state index in [1.165, 1.54) is 0 Å². The van der Waals surface area contributed by atoms with Crippen molar-refractivity contribution in [1.29, 1.82) is 0 Å². The van der Waals surface area contributed by atoms with Gasteiger partial charge in [-0.15, -0.1) is 0 Å². The number of nitrogens with zero attached hydrogens (tertiary/aromatic N) is 1. The molecule has 1 aliphatic carbocycles. The van der Waals surface area contributed by atoms with Gasteiger partial charge >= 0.3 is 0 Å². The number of hydrogen-bond acceptors (Lipinski definition) is 3. The van der Waals surface area contributed by atoms with Crippen LogP contribution in [0.15, 0.2) is 18.5 Å². The minimum Gasteiger partial charge on any atom is -0.373 e. The Morgan fingerprint density at radius 2 is 2.19 bits per heavy atom. The van der Waals surface area contributed by atoms with E-state index in [1.807, 2.05) is 6.07 Å². The maximum Gasteiger partial charge on any atom is 0.133 e. The van der Waals surface area contributed by atoms with E-state index in [9.17, 15) is 4.79 Å². The van der Waals surface area contributed by atoms with Crippen molar-refractivity contribution in [3.05, 3.63) is 29.0 Å². The third-order valence-electron chi connectivity index (χ3n) is 2.82. The second kappa shape index (κ2) is 5.41. The van der Waals surface area contributed by atoms with Gasteiger partial charge < -0.3 is 4.74 Å². The van der Waals surface area contributed by atoms with Gasteiger partial charge in [-0.2, -0.15) is 0 Å². The minimum atomic E-state index is 0.196. The van der Waals surface area contributed by atoms with Gasteiger partial charge in [0.15, 0.2) is 0 Å². The number of hydrogen-bond donors (Lipinski definition) is 0. The molecule has 1 aromatic rings. The van der Waals surface area contributed by atoms with Gasteiger partial charge in [-0.3, -0.25) is 9.78 Å². The van der Waals surface area contributed by atoms with Crippen molar-refractivity contribution in [2.24, 2.45) is 0 Å². The highest BCUT2D eigenvalue weighted by Crippen LogP contribution is 2.21. The summed E-state index contributed by atoms with van der Waals surface area (Å²) in [7, 11) is 0. The van der Waals surface area contributed by atoms with Crippen molar-refractivity contribution in [3.8, 4) is 0 Å². The van der Waals surface area contributed by atoms with Crippen LogP contribution in [-0.4, -0.2) is 16.9 Å². The molecule has 0 atom stereocenters. The molecule has 0 bridgehead atoms. The van der Waals surface area contributed by atoms with Crippen LogP contribution in [0, 0.1) is 0 Å². The highest BCUT2D eigenvalue weighted by Gasteiger charge is 2.19. The number of carbonyl (C=O) groups excluding carboxylic acids is 1. The predicted molar refractivity (Wildman–Crippen MR) is 61.3 cm³/mol. The summed E-state index contributed by atoms with van der Waals surface area (Å²) >= 11 is 5.97. The Kier molecular flexibility index (Phi) is 3.91. The third-order valence-corrected chi connectivity index (χ3v) is 3.16. The number of rotatable bonds is 3. The van der Waals surface area contributed by atoms with E-state index in [0.29, 0.717) is 30.3 Å². The second-order valence-electron chi connectivity index (χ2n) is 4.02. The molecule has 0 spiro atoms. The number of pyridine rings is 1. The highest BCUT2D eigenvalue weighted by molar-refractivity contribution is 6.31. The fraction of sp³-hybridized carbons (Fsp3) is 0.500. The standard InChI is InChI=1S/C12H14ClNO2/c13-12-7-14-6-5-9(12)8-16-11-3-1-10(15)2-4-11/h5-7,11H,1-4,8H2. The minimum absolute atomic E-state index is 0.196. The number of aromatic nitrogens is 1. The number of carbonyl (C=O) groups is 1. The summed E-state index contributed by atoms with van der Waals surface area (Å²) in [5.41, 5.74) is 0.952. The van der Waals surface area contributed by atoms with Gasteiger partial charge in [-0.1, -0.05) is 11.6 Å². The molecule has 0 radical (unpaired) electrons. The molecule has 0 aromatic carbocycles. The first-order valence-electron chi connectivity index (χ1n) is 5.47. The van der Waals surface area contributed by atoms with Crippen LogP contribution in [0.5, 0.6) is 0 Å². The van der Waals surface area contributed by atoms with Crippen LogP contribution in [0.3, 0.4) is 0 Å². The zero-order valence-corrected chi connectivity index (χ0v) is 9.74. The maximum absolute atomic E-state index is 11.1. The lowest BCUT2D eigenvalue weighted by Crippen LogP contribution is -2.21. The monoisotopic (exact) mass is 239 g/mol. The first kappa shape index (κ1) is 11.6. The van der Waals surface area contributed by atoms with Gasteiger partial charge in [0, 0.05) is 25.2 Å². The van der Waals surface area contributed by atoms with Crippen LogP contribution < -0.4 is 0 Å². The Morgan fingerprint density at radius 3 is 2.88 bits per heavy atom. The molecule has 86 valence electrons. The van der Waals surface area contributed by atoms with Crippen LogP contribution in [0.2, 0.25) is 5.02 Å². The summed E-state index contributed by atoms with van der Waals surface area (Å²) in [5, 5.41) is 0.634. The molecule has 1 aliphatic rings. The summed E-state index contributed by atoms with van der Waals surface area (Å²) in [6.45, 7) is 0.500. The Bertz CT molecular complexity index is 371. The Morgan fingerprint density at radius 1 is 1.44 bits per heavy atom. The third kappa shape index (κ3) is 3.03. The Labute approximate surface area is 99.8 Å². The molecule has 0 N–H and O–H groups in total. The van der Waals surface area contributed by atoms with Crippen LogP contribution in [0.4, 0.5) is 0 Å². The molecule has 1 fully saturated rings. The molecule has 4 heteroatoms. The molecule has 1 heterocycles. The van der Waals surface area contributed by atoms with E-state index in [1.54, 1.807) is 12.4 Å². The van der Waals surface area contributed by atoms with E-state index in [2.05, 4.69) is 4.98 Å². The second-order valence-corrected chi connectivity index (χ2v) is 4.42. The van der Waals surface area contributed by atoms with Gasteiger partial charge in [-0.25, -0.2) is 0 Å². The van der Waals surface area contributed by atoms with Crippen molar-refractivity contribution < 1.29 is 9.53 Å². The van der Waals surface area contributed by atoms with E-state index in [-0.39, 0.29) is 6.10 Å². The van der Waals surface area contributed by atoms with E-state index >= 15 is 0 Å². The number of Topliss-reactive ketones (excluding diaryl/α,β-unsaturated/α-hetero) is 1. The first-order chi connectivity index (χ1) is 7.75. The molecule has 0 unspecified atom stereocenters. The lowest BCUT2D eigenvalue weighted by Gasteiger charge is -2.21. The van der Waals surface area contributed by atoms with Crippen molar-refractivity contribution in [1.82, 2.24) is 4.98 Å². The van der Waals surface area contributed by atoms with Crippen LogP contribution in [0.1, 0.15) is 31.2 Å². The molecule has 0 aliphatic heterocycles. The highest BCUT2D eigenvalue weighted by atomic mass is 35.5. The quantitative estimate of drug-likeness (QED) is 0.814. The molecule has 1 aromatic heterocycles. The Balaban J connectivity index is 1.84. The summed E-state index contributed by atoms with van der Waals surface area (Å²) in [6, 6.07) is 1.86. The van der Waals surface area contributed by atoms with Crippen LogP contribution in [0.25, 0.3) is 0 Å². The van der Waals surface area contributed by atoms with Gasteiger partial charge in [0.2, 0.25) is 0 Å². The number of halogens is 1. The molecule has 0 saturated heterocycles. The smallest absolute Gasteiger partial charge is 0.133 e. The predicted octanol–water partition coefficient (Wildman–Crippen LogP) is 2.76. The molecular formula is C12H14ClNO2. The largest absolute Gasteiger partial charge is 0.373 e. The van der Waals surface area contributed by atoms with Crippen LogP contribution in [-0.2, 0) is 16.1 Å². The average Bonchev–Trinajstić information content (AvgIpc) is 2.30. The normalized spacial score (nSPS) is 17.7. The lowest BCUT2D eigenvalue weighted by atomic mass is 9.96. The zero-order valence-electron chi connectivity index (χ0n) is 8.99. The lowest BCUT2D eigenvalue weighted by molar-refractivity contribution is -0.123. The SMILES string of the molecule is O=C1CCC(OCc2ccncc2Cl)CC1. The number of ether oxygens (including phenoxy) is 1. The zero-order chi connectivity index (χ0) is 11.4. The van der Waals surface area contributed by atoms with Crippen molar-refractivity contribution >= 4 is 17.4 Å². The Hall–Kier alpha value is -0.930. The van der Waals surface area contributed by atoms with Crippen molar-refractivity contribution in [2.75, 3.05) is 0 Å². The summed E-state index contributed by atoms with van der Waals surface area (Å²) < 4.78 is 5.73. The summed E-state index contributed by atoms with van der Waals surface area (Å²) in [6.07, 6.45) is 6.48. The van der Waals surface area contributed by atoms with Crippen molar-refractivity contribution in [2.45, 2.75) is 38.4 Å². The average molecular weight is 240 g/mol. The molecule has 0 amide bonds. The van der Waals surface area contributed by atoms with Crippen molar-refractivity contribution in [3.63, 3.8) is 0 Å². The van der Waals surface area contributed by atoms with Gasteiger partial charge in [0.1, 0.15) is 5.78 Å². The van der Waals surface area contributed by atoms with Gasteiger partial charge in [-0.05, 0) is 24.5 Å². The first-order valence-corrected chi connectivity index (χ1v) is 5.85. The summed E-state index contributed by atoms with van der Waals surface area (Å²) in [5.74, 6) is 0.349. The fourth-order valence-electron chi connectivity index (χ4n) is 1.81. The van der Waals surface area contributed by atoms with E-state index in [4.69, 9.17) is 16.3 Å². The maximum atomic E-state index is 11.1. The van der Waals surface area contributed by atoms with Gasteiger partial charge in [0.25, 0.3) is 0 Å². The van der Waals surface area contributed by atoms with Gasteiger partial charge in [0.05, 0.1) is 17.7 Å². The number of ketones is 1. The molecule has 3 nitrogen and oxygen atoms in total.